The minimum atomic E-state index is -0.623. The molecular weight excluding hydrogens is 295 g/mol. The maximum absolute atomic E-state index is 13.8. The lowest BCUT2D eigenvalue weighted by Gasteiger charge is -2.18. The van der Waals surface area contributed by atoms with Crippen LogP contribution >= 0.6 is 0 Å². The molecule has 2 aromatic carbocycles. The highest BCUT2D eigenvalue weighted by Gasteiger charge is 2.34. The highest BCUT2D eigenvalue weighted by atomic mass is 19.1. The number of nitrogens with zero attached hydrogens (tertiary/aromatic N) is 1. The van der Waals surface area contributed by atoms with Gasteiger partial charge in [-0.3, -0.25) is 9.59 Å². The van der Waals surface area contributed by atoms with Gasteiger partial charge in [0.05, 0.1) is 5.69 Å². The number of aryl methyl sites for hydroxylation is 1. The van der Waals surface area contributed by atoms with Crippen molar-refractivity contribution in [3.05, 3.63) is 65.5 Å². The summed E-state index contributed by atoms with van der Waals surface area (Å²) in [6, 6.07) is 12.7. The molecule has 0 aromatic heterocycles. The first-order chi connectivity index (χ1) is 11.1. The van der Waals surface area contributed by atoms with E-state index in [1.165, 1.54) is 11.0 Å². The Balaban J connectivity index is 1.74. The molecule has 3 rings (SSSR count). The molecular formula is C18H17FN2O2. The zero-order valence-electron chi connectivity index (χ0n) is 12.8. The number of para-hydroxylation sites is 1. The molecule has 5 heteroatoms. The van der Waals surface area contributed by atoms with Crippen molar-refractivity contribution in [2.45, 2.75) is 19.4 Å². The smallest absolute Gasteiger partial charge is 0.252 e. The van der Waals surface area contributed by atoms with Gasteiger partial charge in [-0.2, -0.15) is 0 Å². The van der Waals surface area contributed by atoms with Gasteiger partial charge in [0.2, 0.25) is 5.91 Å². The van der Waals surface area contributed by atoms with E-state index >= 15 is 0 Å². The third kappa shape index (κ3) is 2.95. The van der Waals surface area contributed by atoms with E-state index in [4.69, 9.17) is 0 Å². The van der Waals surface area contributed by atoms with Gasteiger partial charge < -0.3 is 10.2 Å². The van der Waals surface area contributed by atoms with E-state index in [-0.39, 0.29) is 17.5 Å². The fourth-order valence-electron chi connectivity index (χ4n) is 2.79. The number of anilines is 1. The Hall–Kier alpha value is -2.69. The Morgan fingerprint density at radius 1 is 1.17 bits per heavy atom. The molecule has 2 aromatic rings. The Bertz CT molecular complexity index is 760. The van der Waals surface area contributed by atoms with Crippen molar-refractivity contribution in [1.29, 1.82) is 0 Å². The third-order valence-electron chi connectivity index (χ3n) is 4.04. The molecule has 0 saturated carbocycles. The van der Waals surface area contributed by atoms with Gasteiger partial charge in [0, 0.05) is 12.1 Å². The van der Waals surface area contributed by atoms with Crippen LogP contribution in [0.5, 0.6) is 0 Å². The van der Waals surface area contributed by atoms with Crippen LogP contribution in [0.3, 0.4) is 0 Å². The average molecular weight is 312 g/mol. The standard InChI is InChI=1S/C18H17FN2O2/c1-12-6-2-3-7-13(12)17(22)20-15-10-11-21(18(15)23)16-9-5-4-8-14(16)19/h2-9,15H,10-11H2,1H3,(H,20,22). The van der Waals surface area contributed by atoms with Crippen LogP contribution in [-0.4, -0.2) is 24.4 Å². The number of nitrogens with one attached hydrogen (secondary N) is 1. The number of benzene rings is 2. The van der Waals surface area contributed by atoms with Crippen LogP contribution in [0.4, 0.5) is 10.1 Å². The fraction of sp³-hybridized carbons (Fsp3) is 0.222. The molecule has 0 spiro atoms. The molecule has 118 valence electrons. The summed E-state index contributed by atoms with van der Waals surface area (Å²) in [6.45, 7) is 2.23. The van der Waals surface area contributed by atoms with Crippen molar-refractivity contribution in [3.63, 3.8) is 0 Å². The first kappa shape index (κ1) is 15.2. The second-order valence-electron chi connectivity index (χ2n) is 5.57. The molecule has 1 fully saturated rings. The average Bonchev–Trinajstić information content (AvgIpc) is 2.89. The van der Waals surface area contributed by atoms with Crippen LogP contribution in [0, 0.1) is 12.7 Å². The van der Waals surface area contributed by atoms with E-state index in [0.717, 1.165) is 5.56 Å². The molecule has 1 N–H and O–H groups in total. The van der Waals surface area contributed by atoms with Crippen LogP contribution < -0.4 is 10.2 Å². The predicted octanol–water partition coefficient (Wildman–Crippen LogP) is 2.67. The van der Waals surface area contributed by atoms with Crippen molar-refractivity contribution in [2.24, 2.45) is 0 Å². The fourth-order valence-corrected chi connectivity index (χ4v) is 2.79. The van der Waals surface area contributed by atoms with Gasteiger partial charge in [0.1, 0.15) is 11.9 Å². The molecule has 2 amide bonds. The molecule has 1 unspecified atom stereocenters. The summed E-state index contributed by atoms with van der Waals surface area (Å²) >= 11 is 0. The van der Waals surface area contributed by atoms with Gasteiger partial charge in [-0.15, -0.1) is 0 Å². The maximum Gasteiger partial charge on any atom is 0.252 e. The summed E-state index contributed by atoms with van der Waals surface area (Å²) in [7, 11) is 0. The molecule has 4 nitrogen and oxygen atoms in total. The molecule has 1 atom stereocenters. The van der Waals surface area contributed by atoms with Crippen LogP contribution in [0.1, 0.15) is 22.3 Å². The normalized spacial score (nSPS) is 17.4. The van der Waals surface area contributed by atoms with Gasteiger partial charge in [-0.25, -0.2) is 4.39 Å². The largest absolute Gasteiger partial charge is 0.340 e. The zero-order chi connectivity index (χ0) is 16.4. The lowest BCUT2D eigenvalue weighted by atomic mass is 10.1. The summed E-state index contributed by atoms with van der Waals surface area (Å²) < 4.78 is 13.8. The van der Waals surface area contributed by atoms with E-state index in [1.54, 1.807) is 30.3 Å². The highest BCUT2D eigenvalue weighted by Crippen LogP contribution is 2.24. The quantitative estimate of drug-likeness (QED) is 0.947. The molecule has 1 aliphatic heterocycles. The van der Waals surface area contributed by atoms with E-state index in [9.17, 15) is 14.0 Å². The van der Waals surface area contributed by atoms with Gasteiger partial charge >= 0.3 is 0 Å². The van der Waals surface area contributed by atoms with Crippen LogP contribution in [0.2, 0.25) is 0 Å². The number of hydrogen-bond donors (Lipinski definition) is 1. The van der Waals surface area contributed by atoms with E-state index in [1.807, 2.05) is 19.1 Å². The molecule has 1 heterocycles. The van der Waals surface area contributed by atoms with Crippen molar-refractivity contribution in [3.8, 4) is 0 Å². The predicted molar refractivity (Wildman–Crippen MR) is 85.8 cm³/mol. The highest BCUT2D eigenvalue weighted by molar-refractivity contribution is 6.04. The molecule has 0 bridgehead atoms. The van der Waals surface area contributed by atoms with Gasteiger partial charge in [-0.1, -0.05) is 30.3 Å². The van der Waals surface area contributed by atoms with E-state index < -0.39 is 11.9 Å². The van der Waals surface area contributed by atoms with Crippen LogP contribution in [0.15, 0.2) is 48.5 Å². The number of halogens is 1. The van der Waals surface area contributed by atoms with Crippen LogP contribution in [0.25, 0.3) is 0 Å². The summed E-state index contributed by atoms with van der Waals surface area (Å²) in [4.78, 5) is 26.2. The summed E-state index contributed by atoms with van der Waals surface area (Å²) in [5, 5.41) is 2.75. The van der Waals surface area contributed by atoms with Gasteiger partial charge in [-0.05, 0) is 37.1 Å². The third-order valence-corrected chi connectivity index (χ3v) is 4.04. The Labute approximate surface area is 133 Å². The van der Waals surface area contributed by atoms with Crippen LogP contribution in [-0.2, 0) is 4.79 Å². The van der Waals surface area contributed by atoms with Crippen molar-refractivity contribution in [2.75, 3.05) is 11.4 Å². The summed E-state index contributed by atoms with van der Waals surface area (Å²) in [5.41, 5.74) is 1.65. The lowest BCUT2D eigenvalue weighted by Crippen LogP contribution is -2.41. The number of carbonyl (C=O) groups is 2. The molecule has 1 aliphatic rings. The number of rotatable bonds is 3. The number of amides is 2. The topological polar surface area (TPSA) is 49.4 Å². The summed E-state index contributed by atoms with van der Waals surface area (Å²) in [6.07, 6.45) is 0.463. The van der Waals surface area contributed by atoms with Crippen molar-refractivity contribution < 1.29 is 14.0 Å². The Kier molecular flexibility index (Phi) is 4.10. The van der Waals surface area contributed by atoms with E-state index in [0.29, 0.717) is 18.5 Å². The Morgan fingerprint density at radius 3 is 2.61 bits per heavy atom. The van der Waals surface area contributed by atoms with Crippen molar-refractivity contribution >= 4 is 17.5 Å². The summed E-state index contributed by atoms with van der Waals surface area (Å²) in [5.74, 6) is -0.999. The monoisotopic (exact) mass is 312 g/mol. The molecule has 23 heavy (non-hydrogen) atoms. The minimum Gasteiger partial charge on any atom is -0.340 e. The number of hydrogen-bond acceptors (Lipinski definition) is 2. The SMILES string of the molecule is Cc1ccccc1C(=O)NC1CCN(c2ccccc2F)C1=O. The van der Waals surface area contributed by atoms with Gasteiger partial charge in [0.15, 0.2) is 0 Å². The minimum absolute atomic E-state index is 0.255. The first-order valence-electron chi connectivity index (χ1n) is 7.50. The molecule has 0 aliphatic carbocycles. The van der Waals surface area contributed by atoms with Gasteiger partial charge in [0.25, 0.3) is 5.91 Å². The second-order valence-corrected chi connectivity index (χ2v) is 5.57. The zero-order valence-corrected chi connectivity index (χ0v) is 12.8. The first-order valence-corrected chi connectivity index (χ1v) is 7.50. The second kappa shape index (κ2) is 6.20. The molecule has 1 saturated heterocycles. The molecule has 0 radical (unpaired) electrons. The number of carbonyl (C=O) groups excluding carboxylic acids is 2. The Morgan fingerprint density at radius 2 is 1.87 bits per heavy atom. The lowest BCUT2D eigenvalue weighted by molar-refractivity contribution is -0.118. The van der Waals surface area contributed by atoms with Crippen molar-refractivity contribution in [1.82, 2.24) is 5.32 Å². The maximum atomic E-state index is 13.8. The van der Waals surface area contributed by atoms with E-state index in [2.05, 4.69) is 5.32 Å².